The molecule has 2 heterocycles. The predicted octanol–water partition coefficient (Wildman–Crippen LogP) is 4.92. The summed E-state index contributed by atoms with van der Waals surface area (Å²) in [5.74, 6) is -0.0694. The van der Waals surface area contributed by atoms with Gasteiger partial charge in [-0.15, -0.1) is 0 Å². The summed E-state index contributed by atoms with van der Waals surface area (Å²) < 4.78 is 9.15. The van der Waals surface area contributed by atoms with Crippen LogP contribution in [0.2, 0.25) is 5.02 Å². The first-order chi connectivity index (χ1) is 15.0. The summed E-state index contributed by atoms with van der Waals surface area (Å²) in [6.45, 7) is 5.36. The first-order valence-corrected chi connectivity index (χ1v) is 10.5. The Bertz CT molecular complexity index is 1220. The number of ether oxygens (including phenoxy) is 1. The molecule has 0 spiro atoms. The third-order valence-corrected chi connectivity index (χ3v) is 5.69. The number of hydrogen-bond acceptors (Lipinski definition) is 3. The Morgan fingerprint density at radius 2 is 1.90 bits per heavy atom. The van der Waals surface area contributed by atoms with Crippen molar-refractivity contribution in [1.82, 2.24) is 14.3 Å². The third-order valence-electron chi connectivity index (χ3n) is 5.44. The molecule has 6 nitrogen and oxygen atoms in total. The van der Waals surface area contributed by atoms with Crippen LogP contribution in [0, 0.1) is 13.8 Å². The van der Waals surface area contributed by atoms with Gasteiger partial charge in [0, 0.05) is 52.7 Å². The lowest BCUT2D eigenvalue weighted by molar-refractivity contribution is -0.115. The van der Waals surface area contributed by atoms with Gasteiger partial charge in [-0.2, -0.15) is 5.10 Å². The summed E-state index contributed by atoms with van der Waals surface area (Å²) in [6, 6.07) is 15.5. The largest absolute Gasteiger partial charge is 0.383 e. The lowest BCUT2D eigenvalue weighted by Crippen LogP contribution is -2.15. The van der Waals surface area contributed by atoms with Gasteiger partial charge in [0.25, 0.3) is 0 Å². The maximum atomic E-state index is 12.8. The molecular weight excluding hydrogens is 412 g/mol. The van der Waals surface area contributed by atoms with Crippen LogP contribution in [0.5, 0.6) is 0 Å². The number of halogens is 1. The topological polar surface area (TPSA) is 61.1 Å². The summed E-state index contributed by atoms with van der Waals surface area (Å²) in [5, 5.41) is 9.39. The van der Waals surface area contributed by atoms with Gasteiger partial charge in [-0.1, -0.05) is 11.6 Å². The molecule has 0 aliphatic rings. The van der Waals surface area contributed by atoms with Gasteiger partial charge < -0.3 is 14.6 Å². The van der Waals surface area contributed by atoms with E-state index in [0.29, 0.717) is 11.6 Å². The minimum atomic E-state index is -0.0694. The number of rotatable bonds is 7. The van der Waals surface area contributed by atoms with Crippen molar-refractivity contribution >= 4 is 34.1 Å². The van der Waals surface area contributed by atoms with Gasteiger partial charge in [-0.3, -0.25) is 4.79 Å². The van der Waals surface area contributed by atoms with E-state index in [0.717, 1.165) is 45.8 Å². The average Bonchev–Trinajstić information content (AvgIpc) is 3.28. The highest BCUT2D eigenvalue weighted by Gasteiger charge is 2.16. The minimum absolute atomic E-state index is 0.0694. The summed E-state index contributed by atoms with van der Waals surface area (Å²) in [5.41, 5.74) is 5.53. The molecule has 2 aromatic heterocycles. The number of fused-ring (bicyclic) bond motifs is 1. The SMILES string of the molecule is COCCn1ccc2cc(NC(=O)Cc3c(C)nn(-c4ccc(Cl)cc4)c3C)ccc21. The van der Waals surface area contributed by atoms with Crippen LogP contribution in [-0.2, 0) is 22.5 Å². The maximum absolute atomic E-state index is 12.8. The summed E-state index contributed by atoms with van der Waals surface area (Å²) in [6.07, 6.45) is 2.30. The van der Waals surface area contributed by atoms with Gasteiger partial charge in [-0.25, -0.2) is 4.68 Å². The molecular formula is C24H25ClN4O2. The molecule has 0 unspecified atom stereocenters. The predicted molar refractivity (Wildman–Crippen MR) is 124 cm³/mol. The maximum Gasteiger partial charge on any atom is 0.228 e. The Kier molecular flexibility index (Phi) is 6.11. The van der Waals surface area contributed by atoms with E-state index in [1.165, 1.54) is 0 Å². The van der Waals surface area contributed by atoms with Gasteiger partial charge in [0.1, 0.15) is 0 Å². The van der Waals surface area contributed by atoms with Crippen LogP contribution in [-0.4, -0.2) is 34.0 Å². The molecule has 0 saturated heterocycles. The Morgan fingerprint density at radius 1 is 1.13 bits per heavy atom. The number of aryl methyl sites for hydroxylation is 1. The number of anilines is 1. The molecule has 0 fully saturated rings. The highest BCUT2D eigenvalue weighted by atomic mass is 35.5. The fraction of sp³-hybridized carbons (Fsp3) is 0.250. The molecule has 4 aromatic rings. The zero-order valence-electron chi connectivity index (χ0n) is 17.9. The van der Waals surface area contributed by atoms with E-state index in [1.807, 2.05) is 73.3 Å². The van der Waals surface area contributed by atoms with Gasteiger partial charge in [0.15, 0.2) is 0 Å². The number of nitrogens with zero attached hydrogens (tertiary/aromatic N) is 3. The lowest BCUT2D eigenvalue weighted by Gasteiger charge is -2.08. The first kappa shape index (κ1) is 21.2. The number of nitrogens with one attached hydrogen (secondary N) is 1. The van der Waals surface area contributed by atoms with E-state index in [-0.39, 0.29) is 12.3 Å². The lowest BCUT2D eigenvalue weighted by atomic mass is 10.1. The molecule has 1 amide bonds. The fourth-order valence-electron chi connectivity index (χ4n) is 3.79. The molecule has 0 aliphatic heterocycles. The molecule has 0 aliphatic carbocycles. The smallest absolute Gasteiger partial charge is 0.228 e. The number of aromatic nitrogens is 3. The highest BCUT2D eigenvalue weighted by Crippen LogP contribution is 2.23. The third kappa shape index (κ3) is 4.50. The van der Waals surface area contributed by atoms with Gasteiger partial charge in [-0.05, 0) is 62.4 Å². The van der Waals surface area contributed by atoms with Crippen LogP contribution in [0.3, 0.4) is 0 Å². The van der Waals surface area contributed by atoms with E-state index in [2.05, 4.69) is 15.0 Å². The van der Waals surface area contributed by atoms with Crippen molar-refractivity contribution in [2.24, 2.45) is 0 Å². The molecule has 7 heteroatoms. The zero-order valence-corrected chi connectivity index (χ0v) is 18.6. The fourth-order valence-corrected chi connectivity index (χ4v) is 3.92. The van der Waals surface area contributed by atoms with E-state index in [4.69, 9.17) is 16.3 Å². The average molecular weight is 437 g/mol. The van der Waals surface area contributed by atoms with Gasteiger partial charge in [0.2, 0.25) is 5.91 Å². The van der Waals surface area contributed by atoms with E-state index < -0.39 is 0 Å². The summed E-state index contributed by atoms with van der Waals surface area (Å²) >= 11 is 5.99. The molecule has 0 atom stereocenters. The second-order valence-electron chi connectivity index (χ2n) is 7.54. The Balaban J connectivity index is 1.49. The number of methoxy groups -OCH3 is 1. The molecule has 0 radical (unpaired) electrons. The van der Waals surface area contributed by atoms with Crippen LogP contribution in [0.1, 0.15) is 17.0 Å². The Hall–Kier alpha value is -3.09. The van der Waals surface area contributed by atoms with Crippen molar-refractivity contribution in [3.63, 3.8) is 0 Å². The molecule has 160 valence electrons. The van der Waals surface area contributed by atoms with Crippen molar-refractivity contribution in [1.29, 1.82) is 0 Å². The second kappa shape index (κ2) is 8.96. The summed E-state index contributed by atoms with van der Waals surface area (Å²) in [4.78, 5) is 12.8. The van der Waals surface area contributed by atoms with Crippen LogP contribution >= 0.6 is 11.6 Å². The molecule has 2 aromatic carbocycles. The van der Waals surface area contributed by atoms with E-state index in [9.17, 15) is 4.79 Å². The van der Waals surface area contributed by atoms with Crippen LogP contribution in [0.4, 0.5) is 5.69 Å². The van der Waals surface area contributed by atoms with Crippen molar-refractivity contribution in [3.05, 3.63) is 76.7 Å². The van der Waals surface area contributed by atoms with Crippen molar-refractivity contribution in [2.75, 3.05) is 19.0 Å². The quantitative estimate of drug-likeness (QED) is 0.447. The van der Waals surface area contributed by atoms with Crippen LogP contribution < -0.4 is 5.32 Å². The van der Waals surface area contributed by atoms with E-state index >= 15 is 0 Å². The van der Waals surface area contributed by atoms with Gasteiger partial charge >= 0.3 is 0 Å². The Morgan fingerprint density at radius 3 is 2.65 bits per heavy atom. The minimum Gasteiger partial charge on any atom is -0.383 e. The number of amides is 1. The molecule has 0 bridgehead atoms. The van der Waals surface area contributed by atoms with E-state index in [1.54, 1.807) is 7.11 Å². The van der Waals surface area contributed by atoms with Crippen molar-refractivity contribution in [2.45, 2.75) is 26.8 Å². The molecule has 4 rings (SSSR count). The molecule has 31 heavy (non-hydrogen) atoms. The second-order valence-corrected chi connectivity index (χ2v) is 7.97. The summed E-state index contributed by atoms with van der Waals surface area (Å²) in [7, 11) is 1.70. The van der Waals surface area contributed by atoms with Crippen LogP contribution in [0.15, 0.2) is 54.7 Å². The molecule has 0 saturated carbocycles. The number of carbonyl (C=O) groups excluding carboxylic acids is 1. The number of benzene rings is 2. The zero-order chi connectivity index (χ0) is 22.0. The normalized spacial score (nSPS) is 11.2. The van der Waals surface area contributed by atoms with Gasteiger partial charge in [0.05, 0.1) is 24.4 Å². The highest BCUT2D eigenvalue weighted by molar-refractivity contribution is 6.30. The van der Waals surface area contributed by atoms with Crippen molar-refractivity contribution < 1.29 is 9.53 Å². The van der Waals surface area contributed by atoms with Crippen LogP contribution in [0.25, 0.3) is 16.6 Å². The number of carbonyl (C=O) groups is 1. The monoisotopic (exact) mass is 436 g/mol. The molecule has 1 N–H and O–H groups in total. The standard InChI is InChI=1S/C24H25ClN4O2/c1-16-22(17(2)29(27-16)21-7-4-19(25)5-8-21)15-24(30)26-20-6-9-23-18(14-20)10-11-28(23)12-13-31-3/h4-11,14H,12-13,15H2,1-3H3,(H,26,30). The number of hydrogen-bond donors (Lipinski definition) is 1. The first-order valence-electron chi connectivity index (χ1n) is 10.1. The van der Waals surface area contributed by atoms with Crippen molar-refractivity contribution in [3.8, 4) is 5.69 Å². The Labute approximate surface area is 186 Å².